The van der Waals surface area contributed by atoms with Gasteiger partial charge in [-0.15, -0.1) is 0 Å². The van der Waals surface area contributed by atoms with Gasteiger partial charge < -0.3 is 60.3 Å². The van der Waals surface area contributed by atoms with Crippen molar-refractivity contribution in [2.75, 3.05) is 0 Å². The molecule has 0 aliphatic heterocycles. The normalized spacial score (nSPS) is 6.00. The van der Waals surface area contributed by atoms with Gasteiger partial charge in [0, 0.05) is 0 Å². The molecule has 9 N–H and O–H groups in total. The van der Waals surface area contributed by atoms with Crippen LogP contribution in [0.5, 0.6) is 0 Å². The molecule has 0 aliphatic carbocycles. The Morgan fingerprint density at radius 3 is 0.500 bits per heavy atom. The molecular formula is H9B4CaNaO12. The van der Waals surface area contributed by atoms with Crippen LogP contribution in [-0.2, 0) is 0 Å². The van der Waals surface area contributed by atoms with Crippen molar-refractivity contribution >= 4 is 67.0 Å². The molecule has 0 aromatic heterocycles. The molecule has 0 fully saturated rings. The van der Waals surface area contributed by atoms with E-state index in [9.17, 15) is 0 Å². The summed E-state index contributed by atoms with van der Waals surface area (Å²) in [4.78, 5) is 0. The summed E-state index contributed by atoms with van der Waals surface area (Å²) in [6.45, 7) is 0. The third kappa shape index (κ3) is 1260. The van der Waals surface area contributed by atoms with Gasteiger partial charge in [0.25, 0.3) is 0 Å². The Bertz CT molecular complexity index is 67.1. The average molecular weight is 307 g/mol. The predicted molar refractivity (Wildman–Crippen MR) is 48.7 cm³/mol. The second-order valence-corrected chi connectivity index (χ2v) is 1.33. The third-order valence-electron chi connectivity index (χ3n) is 0. The molecule has 0 aliphatic rings. The van der Waals surface area contributed by atoms with Gasteiger partial charge in [0.15, 0.2) is 0 Å². The zero-order valence-electron chi connectivity index (χ0n) is 9.27. The first-order valence-corrected chi connectivity index (χ1v) is 3.03. The summed E-state index contributed by atoms with van der Waals surface area (Å²) in [6, 6.07) is 0. The Morgan fingerprint density at radius 1 is 0.500 bits per heavy atom. The molecule has 0 saturated carbocycles. The van der Waals surface area contributed by atoms with E-state index in [1.54, 1.807) is 0 Å². The quantitative estimate of drug-likeness (QED) is 0.189. The summed E-state index contributed by atoms with van der Waals surface area (Å²) in [5.74, 6) is 0. The minimum atomic E-state index is -2.92. The van der Waals surface area contributed by atoms with Gasteiger partial charge >= 0.3 is 89.3 Å². The van der Waals surface area contributed by atoms with Crippen molar-refractivity contribution in [3.05, 3.63) is 0 Å². The molecule has 18 heteroatoms. The zero-order valence-corrected chi connectivity index (χ0v) is 13.5. The Kier molecular flexibility index (Phi) is 64.4. The molecule has 0 amide bonds. The van der Waals surface area contributed by atoms with Gasteiger partial charge in [-0.2, -0.15) is 0 Å². The molecule has 0 atom stereocenters. The van der Waals surface area contributed by atoms with Crippen molar-refractivity contribution in [3.63, 3.8) is 0 Å². The molecule has 0 rings (SSSR count). The van der Waals surface area contributed by atoms with Crippen LogP contribution in [0, 0.1) is 0 Å². The second kappa shape index (κ2) is 31.4. The molecule has 0 saturated heterocycles. The minimum absolute atomic E-state index is 0. The largest absolute Gasteiger partial charge is 2.00 e. The van der Waals surface area contributed by atoms with Crippen LogP contribution in [0.25, 0.3) is 0 Å². The first-order valence-electron chi connectivity index (χ1n) is 3.03. The Balaban J connectivity index is -0.0000000257. The van der Waals surface area contributed by atoms with E-state index in [0.29, 0.717) is 0 Å². The fourth-order valence-electron chi connectivity index (χ4n) is 0. The average Bonchev–Trinajstić information content (AvgIpc) is 1.76. The van der Waals surface area contributed by atoms with Gasteiger partial charge in [-0.05, 0) is 0 Å². The topological polar surface area (TPSA) is 251 Å². The van der Waals surface area contributed by atoms with Crippen molar-refractivity contribution in [3.8, 4) is 0 Å². The Labute approximate surface area is 155 Å². The maximum Gasteiger partial charge on any atom is 2.00 e. The number of rotatable bonds is 0. The van der Waals surface area contributed by atoms with E-state index < -0.39 is 29.3 Å². The summed E-state index contributed by atoms with van der Waals surface area (Å²) in [6.07, 6.45) is 0. The van der Waals surface area contributed by atoms with Gasteiger partial charge in [0.2, 0.25) is 0 Å². The molecule has 0 aromatic carbocycles. The smallest absolute Gasteiger partial charge is 0.907 e. The molecule has 0 unspecified atom stereocenters. The van der Waals surface area contributed by atoms with Gasteiger partial charge in [-0.1, -0.05) is 0 Å². The molecule has 0 heterocycles. The van der Waals surface area contributed by atoms with Gasteiger partial charge in [-0.25, -0.2) is 0 Å². The molecule has 96 valence electrons. The van der Waals surface area contributed by atoms with E-state index in [4.69, 9.17) is 60.3 Å². The van der Waals surface area contributed by atoms with Crippen LogP contribution >= 0.6 is 0 Å². The van der Waals surface area contributed by atoms with Crippen LogP contribution in [-0.4, -0.2) is 112 Å². The SMILES string of the molecule is OB(O)O.OB(O)O.OB(O)O.[Ca+2].[Na+].[O-]B([O-])[O-]. The summed E-state index contributed by atoms with van der Waals surface area (Å²) >= 11 is 0. The molecular weight excluding hydrogens is 298 g/mol. The van der Waals surface area contributed by atoms with Crippen LogP contribution in [0.2, 0.25) is 0 Å². The molecule has 12 nitrogen and oxygen atoms in total. The second-order valence-electron chi connectivity index (χ2n) is 1.33. The molecule has 18 heavy (non-hydrogen) atoms. The van der Waals surface area contributed by atoms with E-state index in [0.717, 1.165) is 0 Å². The van der Waals surface area contributed by atoms with Crippen LogP contribution < -0.4 is 44.6 Å². The van der Waals surface area contributed by atoms with Crippen molar-refractivity contribution < 1.29 is 89.8 Å². The summed E-state index contributed by atoms with van der Waals surface area (Å²) in [7, 11) is -9.42. The van der Waals surface area contributed by atoms with Gasteiger partial charge in [-0.3, -0.25) is 7.32 Å². The predicted octanol–water partition coefficient (Wildman–Crippen LogP) is -13.5. The Hall–Kier alpha value is 2.04. The molecule has 0 bridgehead atoms. The Morgan fingerprint density at radius 2 is 0.500 bits per heavy atom. The van der Waals surface area contributed by atoms with Gasteiger partial charge in [0.05, 0.1) is 0 Å². The van der Waals surface area contributed by atoms with Crippen LogP contribution in [0.4, 0.5) is 0 Å². The van der Waals surface area contributed by atoms with E-state index in [2.05, 4.69) is 0 Å². The molecule has 0 radical (unpaired) electrons. The fourth-order valence-corrected chi connectivity index (χ4v) is 0. The zero-order chi connectivity index (χ0) is 14.3. The van der Waals surface area contributed by atoms with Crippen LogP contribution in [0.15, 0.2) is 0 Å². The van der Waals surface area contributed by atoms with Crippen molar-refractivity contribution in [2.45, 2.75) is 0 Å². The monoisotopic (exact) mass is 308 g/mol. The van der Waals surface area contributed by atoms with Crippen LogP contribution in [0.1, 0.15) is 0 Å². The maximum atomic E-state index is 8.42. The standard InChI is InChI=1S/3BH3O3.BO3.Ca.Na/c4*2-1(3)4;;/h3*2-4H;;;/q;;;-3;+2;+1. The summed E-state index contributed by atoms with van der Waals surface area (Å²) in [5, 5.41) is 89.8. The van der Waals surface area contributed by atoms with E-state index in [1.165, 1.54) is 0 Å². The fraction of sp³-hybridized carbons (Fsp3) is 0. The minimum Gasteiger partial charge on any atom is -0.907 e. The van der Waals surface area contributed by atoms with Crippen molar-refractivity contribution in [2.24, 2.45) is 0 Å². The summed E-state index contributed by atoms with van der Waals surface area (Å²) in [5.41, 5.74) is 0. The molecule has 0 spiro atoms. The van der Waals surface area contributed by atoms with E-state index in [1.807, 2.05) is 0 Å². The number of hydrogen-bond donors (Lipinski definition) is 9. The first kappa shape index (κ1) is 36.9. The summed E-state index contributed by atoms with van der Waals surface area (Å²) < 4.78 is 0. The first-order chi connectivity index (χ1) is 6.93. The third-order valence-corrected chi connectivity index (χ3v) is 0. The number of hydrogen-bond acceptors (Lipinski definition) is 12. The van der Waals surface area contributed by atoms with Crippen molar-refractivity contribution in [1.82, 2.24) is 0 Å². The van der Waals surface area contributed by atoms with Crippen molar-refractivity contribution in [1.29, 1.82) is 0 Å². The maximum absolute atomic E-state index is 8.42. The van der Waals surface area contributed by atoms with E-state index >= 15 is 0 Å². The van der Waals surface area contributed by atoms with E-state index in [-0.39, 0.29) is 67.3 Å². The van der Waals surface area contributed by atoms with Gasteiger partial charge in [0.1, 0.15) is 0 Å². The molecule has 0 aromatic rings. The van der Waals surface area contributed by atoms with Crippen LogP contribution in [0.3, 0.4) is 0 Å².